The van der Waals surface area contributed by atoms with E-state index in [2.05, 4.69) is 15.2 Å². The highest BCUT2D eigenvalue weighted by Crippen LogP contribution is 2.38. The van der Waals surface area contributed by atoms with Crippen molar-refractivity contribution in [2.24, 2.45) is 10.2 Å². The second-order valence-corrected chi connectivity index (χ2v) is 8.25. The van der Waals surface area contributed by atoms with E-state index in [1.54, 1.807) is 31.2 Å². The Morgan fingerprint density at radius 2 is 1.71 bits per heavy atom. The maximum Gasteiger partial charge on any atom is 0.415 e. The topological polar surface area (TPSA) is 139 Å². The minimum atomic E-state index is -4.12. The van der Waals surface area contributed by atoms with Crippen LogP contribution in [0.1, 0.15) is 5.56 Å². The van der Waals surface area contributed by atoms with E-state index in [1.165, 1.54) is 31.4 Å². The summed E-state index contributed by atoms with van der Waals surface area (Å²) in [4.78, 5) is 13.2. The minimum Gasteiger partial charge on any atom is -0.496 e. The number of nitrogens with zero attached hydrogens (tertiary/aromatic N) is 5. The number of hydrogen-bond donors (Lipinski definition) is 0. The first-order chi connectivity index (χ1) is 14.8. The lowest BCUT2D eigenvalue weighted by Crippen LogP contribution is -2.03. The molecule has 0 atom stereocenters. The van der Waals surface area contributed by atoms with Crippen LogP contribution in [-0.2, 0) is 9.84 Å². The summed E-state index contributed by atoms with van der Waals surface area (Å²) in [5, 5.41) is 28.4. The average molecular weight is 438 g/mol. The second-order valence-electron chi connectivity index (χ2n) is 6.34. The summed E-state index contributed by atoms with van der Waals surface area (Å²) in [5.74, 6) is 0.467. The number of rotatable bonds is 6. The van der Waals surface area contributed by atoms with Gasteiger partial charge in [0.15, 0.2) is 10.7 Å². The van der Waals surface area contributed by atoms with Crippen molar-refractivity contribution in [3.8, 4) is 5.75 Å². The summed E-state index contributed by atoms with van der Waals surface area (Å²) < 4.78 is 31.4. The fourth-order valence-corrected chi connectivity index (χ4v) is 4.22. The molecule has 0 fully saturated rings. The number of methoxy groups -OCH3 is 1. The maximum absolute atomic E-state index is 13.1. The van der Waals surface area contributed by atoms with E-state index in [-0.39, 0.29) is 26.9 Å². The van der Waals surface area contributed by atoms with Crippen LogP contribution in [0.2, 0.25) is 0 Å². The molecule has 0 aliphatic carbocycles. The number of aryl methyl sites for hydroxylation is 1. The number of ether oxygens (including phenoxy) is 1. The molecule has 3 aromatic carbocycles. The van der Waals surface area contributed by atoms with Crippen LogP contribution < -0.4 is 4.74 Å². The van der Waals surface area contributed by atoms with Crippen LogP contribution in [-0.4, -0.2) is 20.5 Å². The normalized spacial score (nSPS) is 11.3. The molecule has 0 saturated carbocycles. The Balaban J connectivity index is 2.16. The predicted molar refractivity (Wildman–Crippen MR) is 112 cm³/mol. The Morgan fingerprint density at radius 3 is 2.32 bits per heavy atom. The number of benzene rings is 3. The molecule has 0 radical (unpaired) electrons. The molecule has 3 rings (SSSR count). The molecule has 31 heavy (non-hydrogen) atoms. The van der Waals surface area contributed by atoms with E-state index in [0.29, 0.717) is 11.3 Å². The molecule has 0 N–H and O–H groups in total. The summed E-state index contributed by atoms with van der Waals surface area (Å²) in [6, 6.07) is 13.8. The van der Waals surface area contributed by atoms with Crippen molar-refractivity contribution in [1.82, 2.24) is 0 Å². The molecule has 0 amide bonds. The van der Waals surface area contributed by atoms with E-state index in [0.717, 1.165) is 12.1 Å². The number of hydrogen-bond acceptors (Lipinski definition) is 8. The Hall–Kier alpha value is -4.17. The molecule has 0 aliphatic heterocycles. The Bertz CT molecular complexity index is 1330. The van der Waals surface area contributed by atoms with Gasteiger partial charge in [-0.3, -0.25) is 10.1 Å². The van der Waals surface area contributed by atoms with Crippen molar-refractivity contribution >= 4 is 32.6 Å². The van der Waals surface area contributed by atoms with Crippen LogP contribution in [0.15, 0.2) is 80.7 Å². The van der Waals surface area contributed by atoms with Gasteiger partial charge in [-0.1, -0.05) is 18.2 Å². The largest absolute Gasteiger partial charge is 0.496 e. The summed E-state index contributed by atoms with van der Waals surface area (Å²) in [6.07, 6.45) is 0. The van der Waals surface area contributed by atoms with Gasteiger partial charge in [0, 0.05) is 12.1 Å². The molecule has 0 heterocycles. The molecule has 3 aromatic rings. The number of nitro benzene ring substituents is 1. The summed E-state index contributed by atoms with van der Waals surface area (Å²) in [7, 11) is -2.65. The van der Waals surface area contributed by atoms with Crippen molar-refractivity contribution in [2.75, 3.05) is 7.11 Å². The first-order valence-corrected chi connectivity index (χ1v) is 10.3. The molecule has 0 saturated heterocycles. The van der Waals surface area contributed by atoms with Gasteiger partial charge in [-0.15, -0.1) is 10.2 Å². The second kappa shape index (κ2) is 8.68. The first kappa shape index (κ1) is 21.5. The van der Waals surface area contributed by atoms with Crippen molar-refractivity contribution in [3.05, 3.63) is 81.3 Å². The van der Waals surface area contributed by atoms with Gasteiger partial charge in [0.1, 0.15) is 16.3 Å². The van der Waals surface area contributed by atoms with Gasteiger partial charge in [0.2, 0.25) is 15.2 Å². The van der Waals surface area contributed by atoms with Crippen LogP contribution in [0, 0.1) is 22.4 Å². The Kier molecular flexibility index (Phi) is 6.03. The molecule has 0 bridgehead atoms. The molecule has 0 aliphatic rings. The van der Waals surface area contributed by atoms with Gasteiger partial charge in [0.05, 0.1) is 23.0 Å². The average Bonchev–Trinajstić information content (AvgIpc) is 2.78. The zero-order chi connectivity index (χ0) is 22.6. The quantitative estimate of drug-likeness (QED) is 0.211. The minimum absolute atomic E-state index is 0.0433. The number of non-ortho nitro benzene ring substituents is 1. The van der Waals surface area contributed by atoms with Gasteiger partial charge < -0.3 is 4.74 Å². The van der Waals surface area contributed by atoms with Crippen molar-refractivity contribution < 1.29 is 18.1 Å². The number of sulfone groups is 1. The number of nitro groups is 1. The zero-order valence-corrected chi connectivity index (χ0v) is 17.3. The van der Waals surface area contributed by atoms with Crippen LogP contribution in [0.3, 0.4) is 0 Å². The van der Waals surface area contributed by atoms with Crippen molar-refractivity contribution in [2.45, 2.75) is 16.7 Å². The van der Waals surface area contributed by atoms with E-state index in [4.69, 9.17) is 4.74 Å². The smallest absolute Gasteiger partial charge is 0.415 e. The van der Waals surface area contributed by atoms with E-state index >= 15 is 0 Å². The Labute approximate surface area is 177 Å². The number of diazo groups is 1. The van der Waals surface area contributed by atoms with E-state index in [1.807, 2.05) is 0 Å². The first-order valence-electron chi connectivity index (χ1n) is 8.82. The maximum atomic E-state index is 13.1. The van der Waals surface area contributed by atoms with Crippen molar-refractivity contribution in [1.29, 1.82) is 5.39 Å². The van der Waals surface area contributed by atoms with Crippen LogP contribution in [0.5, 0.6) is 5.75 Å². The lowest BCUT2D eigenvalue weighted by atomic mass is 10.2. The summed E-state index contributed by atoms with van der Waals surface area (Å²) >= 11 is 0. The van der Waals surface area contributed by atoms with Gasteiger partial charge in [-0.2, -0.15) is 0 Å². The highest BCUT2D eigenvalue weighted by atomic mass is 32.2. The molecule has 156 valence electrons. The molecular weight excluding hydrogens is 422 g/mol. The van der Waals surface area contributed by atoms with Crippen LogP contribution >= 0.6 is 0 Å². The third kappa shape index (κ3) is 4.39. The van der Waals surface area contributed by atoms with Crippen LogP contribution in [0.25, 0.3) is 4.98 Å². The van der Waals surface area contributed by atoms with Crippen molar-refractivity contribution in [3.63, 3.8) is 0 Å². The van der Waals surface area contributed by atoms with Gasteiger partial charge in [-0.25, -0.2) is 8.42 Å². The van der Waals surface area contributed by atoms with Gasteiger partial charge in [0.25, 0.3) is 5.69 Å². The lowest BCUT2D eigenvalue weighted by Gasteiger charge is -2.07. The predicted octanol–water partition coefficient (Wildman–Crippen LogP) is 5.64. The van der Waals surface area contributed by atoms with Gasteiger partial charge in [-0.05, 0) is 36.8 Å². The van der Waals surface area contributed by atoms with E-state index in [9.17, 15) is 23.9 Å². The molecular formula is C20H16N5O5S+. The number of azo groups is 1. The third-order valence-corrected chi connectivity index (χ3v) is 6.16. The summed E-state index contributed by atoms with van der Waals surface area (Å²) in [6.45, 7) is 1.75. The molecule has 10 nitrogen and oxygen atoms in total. The highest BCUT2D eigenvalue weighted by Gasteiger charge is 2.25. The molecule has 0 aromatic heterocycles. The standard InChI is InChI=1S/C20H16N5O5S/c1-13-10-18(17(22-21)12-19(13)30-2)24-23-16-9-8-14(25(26)27)11-20(16)31(28,29)15-6-4-3-5-7-15/h3-12H,1-2H3/q+1. The third-order valence-electron chi connectivity index (χ3n) is 4.36. The molecule has 11 heteroatoms. The Morgan fingerprint density at radius 1 is 1.03 bits per heavy atom. The molecule has 0 unspecified atom stereocenters. The summed E-state index contributed by atoms with van der Waals surface area (Å²) in [5.41, 5.74) is 0.388. The fourth-order valence-electron chi connectivity index (χ4n) is 2.79. The van der Waals surface area contributed by atoms with E-state index < -0.39 is 20.4 Å². The van der Waals surface area contributed by atoms with Gasteiger partial charge >= 0.3 is 5.69 Å². The fraction of sp³-hybridized carbons (Fsp3) is 0.100. The lowest BCUT2D eigenvalue weighted by molar-refractivity contribution is -0.385. The van der Waals surface area contributed by atoms with Crippen LogP contribution in [0.4, 0.5) is 22.7 Å². The molecule has 0 spiro atoms. The highest BCUT2D eigenvalue weighted by molar-refractivity contribution is 7.91. The monoisotopic (exact) mass is 438 g/mol. The zero-order valence-electron chi connectivity index (χ0n) is 16.5. The SMILES string of the molecule is COc1cc([N+]#N)c(N=Nc2ccc([N+](=O)[O-])cc2S(=O)(=O)c2ccccc2)cc1C.